The smallest absolute Gasteiger partial charge is 0.263 e. The molecule has 2 heterocycles. The number of halogens is 1. The summed E-state index contributed by atoms with van der Waals surface area (Å²) in [5.74, 6) is 0.0782. The van der Waals surface area contributed by atoms with E-state index in [1.807, 2.05) is 6.92 Å². The fourth-order valence-electron chi connectivity index (χ4n) is 2.17. The van der Waals surface area contributed by atoms with Gasteiger partial charge < -0.3 is 10.1 Å². The molecule has 5 nitrogen and oxygen atoms in total. The molecule has 0 aliphatic rings. The third-order valence-electron chi connectivity index (χ3n) is 3.45. The Morgan fingerprint density at radius 3 is 2.80 bits per heavy atom. The summed E-state index contributed by atoms with van der Waals surface area (Å²) in [5, 5.41) is 3.64. The van der Waals surface area contributed by atoms with Crippen molar-refractivity contribution in [2.45, 2.75) is 26.5 Å². The maximum atomic E-state index is 12.9. The number of benzene rings is 1. The third-order valence-corrected chi connectivity index (χ3v) is 5.54. The van der Waals surface area contributed by atoms with Gasteiger partial charge in [0.2, 0.25) is 0 Å². The summed E-state index contributed by atoms with van der Waals surface area (Å²) in [6, 6.07) is 5.67. The third kappa shape index (κ3) is 4.40. The number of hydrogen-bond donors (Lipinski definition) is 1. The Balaban J connectivity index is 1.63. The van der Waals surface area contributed by atoms with E-state index in [1.165, 1.54) is 34.8 Å². The lowest BCUT2D eigenvalue weighted by Crippen LogP contribution is -2.25. The van der Waals surface area contributed by atoms with Crippen LogP contribution in [-0.2, 0) is 6.61 Å². The summed E-state index contributed by atoms with van der Waals surface area (Å²) in [6.07, 6.45) is 1.75. The summed E-state index contributed by atoms with van der Waals surface area (Å²) >= 11 is 2.79. The van der Waals surface area contributed by atoms with E-state index < -0.39 is 0 Å². The van der Waals surface area contributed by atoms with Crippen molar-refractivity contribution in [1.82, 2.24) is 15.3 Å². The summed E-state index contributed by atoms with van der Waals surface area (Å²) in [5.41, 5.74) is 2.40. The molecule has 0 aliphatic heterocycles. The molecule has 3 aromatic rings. The fourth-order valence-corrected chi connectivity index (χ4v) is 3.68. The van der Waals surface area contributed by atoms with Crippen LogP contribution in [0.3, 0.4) is 0 Å². The lowest BCUT2D eigenvalue weighted by molar-refractivity contribution is 0.0944. The van der Waals surface area contributed by atoms with E-state index in [4.69, 9.17) is 4.74 Å². The highest BCUT2D eigenvalue weighted by atomic mass is 32.1. The van der Waals surface area contributed by atoms with Gasteiger partial charge in [-0.05, 0) is 38.1 Å². The van der Waals surface area contributed by atoms with Gasteiger partial charge in [0.1, 0.15) is 28.1 Å². The molecule has 1 amide bonds. The molecule has 1 atom stereocenters. The second-order valence-corrected chi connectivity index (χ2v) is 7.37. The molecule has 2 aromatic heterocycles. The average Bonchev–Trinajstić information content (AvgIpc) is 3.24. The molecular weight excluding hydrogens is 361 g/mol. The maximum absolute atomic E-state index is 12.9. The summed E-state index contributed by atoms with van der Waals surface area (Å²) in [4.78, 5) is 22.4. The number of carbonyl (C=O) groups excluding carboxylic acids is 1. The molecule has 8 heteroatoms. The first-order chi connectivity index (χ1) is 12.0. The minimum absolute atomic E-state index is 0.111. The number of aryl methyl sites for hydroxylation is 1. The second kappa shape index (κ2) is 7.71. The van der Waals surface area contributed by atoms with Crippen molar-refractivity contribution in [2.75, 3.05) is 0 Å². The van der Waals surface area contributed by atoms with Crippen molar-refractivity contribution < 1.29 is 13.9 Å². The van der Waals surface area contributed by atoms with Gasteiger partial charge in [-0.2, -0.15) is 0 Å². The van der Waals surface area contributed by atoms with Gasteiger partial charge in [0, 0.05) is 11.1 Å². The highest BCUT2D eigenvalue weighted by Crippen LogP contribution is 2.22. The number of nitrogens with zero attached hydrogens (tertiary/aromatic N) is 2. The van der Waals surface area contributed by atoms with Gasteiger partial charge in [-0.25, -0.2) is 9.37 Å². The first-order valence-electron chi connectivity index (χ1n) is 7.57. The number of thiazole rings is 2. The van der Waals surface area contributed by atoms with E-state index >= 15 is 0 Å². The van der Waals surface area contributed by atoms with Gasteiger partial charge in [-0.1, -0.05) is 0 Å². The lowest BCUT2D eigenvalue weighted by atomic mass is 10.3. The summed E-state index contributed by atoms with van der Waals surface area (Å²) in [6.45, 7) is 3.94. The van der Waals surface area contributed by atoms with E-state index in [2.05, 4.69) is 15.3 Å². The average molecular weight is 377 g/mol. The predicted molar refractivity (Wildman–Crippen MR) is 95.6 cm³/mol. The summed E-state index contributed by atoms with van der Waals surface area (Å²) < 4.78 is 18.5. The molecular formula is C17H16FN3O2S2. The van der Waals surface area contributed by atoms with E-state index in [0.29, 0.717) is 21.3 Å². The molecule has 0 radical (unpaired) electrons. The molecule has 0 spiro atoms. The van der Waals surface area contributed by atoms with Crippen molar-refractivity contribution in [1.29, 1.82) is 0 Å². The van der Waals surface area contributed by atoms with Crippen molar-refractivity contribution >= 4 is 28.6 Å². The van der Waals surface area contributed by atoms with Gasteiger partial charge in [-0.15, -0.1) is 22.7 Å². The first kappa shape index (κ1) is 17.5. The summed E-state index contributed by atoms with van der Waals surface area (Å²) in [7, 11) is 0. The van der Waals surface area contributed by atoms with Gasteiger partial charge in [0.15, 0.2) is 0 Å². The van der Waals surface area contributed by atoms with Crippen LogP contribution in [0.15, 0.2) is 36.0 Å². The number of carbonyl (C=O) groups is 1. The van der Waals surface area contributed by atoms with Crippen molar-refractivity contribution in [3.8, 4) is 5.75 Å². The molecule has 1 aromatic carbocycles. The quantitative estimate of drug-likeness (QED) is 0.702. The molecule has 0 saturated heterocycles. The number of ether oxygens (including phenoxy) is 1. The van der Waals surface area contributed by atoms with E-state index in [0.717, 1.165) is 4.88 Å². The van der Waals surface area contributed by atoms with E-state index in [-0.39, 0.29) is 24.4 Å². The number of hydrogen-bond acceptors (Lipinski definition) is 6. The van der Waals surface area contributed by atoms with Crippen molar-refractivity contribution in [2.24, 2.45) is 0 Å². The van der Waals surface area contributed by atoms with E-state index in [9.17, 15) is 9.18 Å². The van der Waals surface area contributed by atoms with Crippen LogP contribution in [0.5, 0.6) is 5.75 Å². The van der Waals surface area contributed by atoms with Gasteiger partial charge in [0.05, 0.1) is 17.2 Å². The molecule has 0 fully saturated rings. The van der Waals surface area contributed by atoms with E-state index in [1.54, 1.807) is 30.8 Å². The highest BCUT2D eigenvalue weighted by Gasteiger charge is 2.18. The standard InChI is InChI=1S/C17H16FN3O2S2/c1-10(14-7-19-9-24-14)21-17(22)16-11(2)20-15(25-16)8-23-13-5-3-12(18)4-6-13/h3-7,9-10H,8H2,1-2H3,(H,21,22). The molecule has 3 rings (SSSR count). The number of rotatable bonds is 6. The Labute approximate surface area is 152 Å². The minimum Gasteiger partial charge on any atom is -0.486 e. The van der Waals surface area contributed by atoms with Crippen LogP contribution in [0, 0.1) is 12.7 Å². The van der Waals surface area contributed by atoms with Gasteiger partial charge in [0.25, 0.3) is 5.91 Å². The number of nitrogens with one attached hydrogen (secondary N) is 1. The second-order valence-electron chi connectivity index (χ2n) is 5.36. The fraction of sp³-hybridized carbons (Fsp3) is 0.235. The zero-order chi connectivity index (χ0) is 17.8. The Hall–Kier alpha value is -2.32. The lowest BCUT2D eigenvalue weighted by Gasteiger charge is -2.10. The van der Waals surface area contributed by atoms with Crippen molar-refractivity contribution in [3.63, 3.8) is 0 Å². The number of aromatic nitrogens is 2. The molecule has 1 unspecified atom stereocenters. The van der Waals surface area contributed by atoms with Crippen LogP contribution in [0.25, 0.3) is 0 Å². The number of amides is 1. The van der Waals surface area contributed by atoms with Crippen LogP contribution in [0.2, 0.25) is 0 Å². The van der Waals surface area contributed by atoms with Crippen LogP contribution < -0.4 is 10.1 Å². The van der Waals surface area contributed by atoms with Crippen LogP contribution in [0.4, 0.5) is 4.39 Å². The van der Waals surface area contributed by atoms with Crippen LogP contribution >= 0.6 is 22.7 Å². The Bertz CT molecular complexity index is 847. The monoisotopic (exact) mass is 377 g/mol. The van der Waals surface area contributed by atoms with Gasteiger partial charge in [-0.3, -0.25) is 9.78 Å². The molecule has 1 N–H and O–H groups in total. The Morgan fingerprint density at radius 1 is 1.36 bits per heavy atom. The molecule has 0 saturated carbocycles. The maximum Gasteiger partial charge on any atom is 0.263 e. The topological polar surface area (TPSA) is 64.1 Å². The predicted octanol–water partition coefficient (Wildman–Crippen LogP) is 4.12. The largest absolute Gasteiger partial charge is 0.486 e. The molecule has 0 aliphatic carbocycles. The Kier molecular flexibility index (Phi) is 5.40. The normalized spacial score (nSPS) is 12.0. The SMILES string of the molecule is Cc1nc(COc2ccc(F)cc2)sc1C(=O)NC(C)c1cncs1. The van der Waals surface area contributed by atoms with Gasteiger partial charge >= 0.3 is 0 Å². The molecule has 0 bridgehead atoms. The highest BCUT2D eigenvalue weighted by molar-refractivity contribution is 7.13. The Morgan fingerprint density at radius 2 is 2.12 bits per heavy atom. The van der Waals surface area contributed by atoms with Crippen molar-refractivity contribution in [3.05, 3.63) is 62.2 Å². The zero-order valence-electron chi connectivity index (χ0n) is 13.7. The molecule has 25 heavy (non-hydrogen) atoms. The first-order valence-corrected chi connectivity index (χ1v) is 9.26. The molecule has 130 valence electrons. The van der Waals surface area contributed by atoms with Crippen LogP contribution in [-0.4, -0.2) is 15.9 Å². The minimum atomic E-state index is -0.313. The van der Waals surface area contributed by atoms with Crippen LogP contribution in [0.1, 0.15) is 38.2 Å². The zero-order valence-corrected chi connectivity index (χ0v) is 15.3.